The highest BCUT2D eigenvalue weighted by molar-refractivity contribution is 6.14. The van der Waals surface area contributed by atoms with E-state index in [2.05, 4.69) is 88.0 Å². The van der Waals surface area contributed by atoms with Gasteiger partial charge in [-0.2, -0.15) is 23.7 Å². The van der Waals surface area contributed by atoms with Crippen LogP contribution in [0.3, 0.4) is 0 Å². The zero-order chi connectivity index (χ0) is 63.4. The number of pyridine rings is 4. The number of hydrogen-bond acceptors (Lipinski definition) is 6. The van der Waals surface area contributed by atoms with Gasteiger partial charge in [0, 0.05) is 68.6 Å². The molecule has 10 aromatic carbocycles. The lowest BCUT2D eigenvalue weighted by molar-refractivity contribution is -0.137. The number of fused-ring (bicyclic) bond motifs is 6. The minimum absolute atomic E-state index is 0.145. The van der Waals surface area contributed by atoms with Crippen molar-refractivity contribution in [3.63, 3.8) is 0 Å². The standard InChI is InChI=1S/C83H49F3N8/c84-83(85,86)67-38-52(50-87)37-65(39-67)66-48-81(93-77-25-21-57(61-29-33-89-73(44-61)53-13-5-1-6-14-53)40-68(77)69-41-58(22-26-78(69)93)62-30-34-90-74(45-62)54-15-7-2-8-16-54)72(51-88)82(49-66)94-79-27-23-59(63-31-35-91-75(46-63)55-17-9-3-10-18-55)42-70(79)71-43-60(24-28-80(71)94)64-32-36-92-76(47-64)56-19-11-4-12-20-56/h1-49H. The van der Waals surface area contributed by atoms with Crippen LogP contribution in [0.25, 0.3) is 156 Å². The van der Waals surface area contributed by atoms with Crippen LogP contribution in [-0.2, 0) is 6.18 Å². The van der Waals surface area contributed by atoms with E-state index in [0.29, 0.717) is 16.9 Å². The second-order valence-corrected chi connectivity index (χ2v) is 23.2. The molecule has 0 amide bonds. The Hall–Kier alpha value is -12.8. The number of benzene rings is 10. The highest BCUT2D eigenvalue weighted by Gasteiger charge is 2.32. The topological polar surface area (TPSA) is 109 Å². The fourth-order valence-corrected chi connectivity index (χ4v) is 13.1. The first-order valence-corrected chi connectivity index (χ1v) is 30.6. The van der Waals surface area contributed by atoms with E-state index in [0.717, 1.165) is 145 Å². The molecule has 0 N–H and O–H groups in total. The fraction of sp³-hybridized carbons (Fsp3) is 0.0120. The molecule has 0 unspecified atom stereocenters. The summed E-state index contributed by atoms with van der Waals surface area (Å²) in [5.41, 5.74) is 18.0. The highest BCUT2D eigenvalue weighted by atomic mass is 19.4. The van der Waals surface area contributed by atoms with Gasteiger partial charge in [-0.25, -0.2) is 0 Å². The van der Waals surface area contributed by atoms with Crippen molar-refractivity contribution in [2.24, 2.45) is 0 Å². The van der Waals surface area contributed by atoms with Gasteiger partial charge in [-0.1, -0.05) is 146 Å². The summed E-state index contributed by atoms with van der Waals surface area (Å²) in [6.45, 7) is 0. The van der Waals surface area contributed by atoms with Gasteiger partial charge >= 0.3 is 6.18 Å². The zero-order valence-electron chi connectivity index (χ0n) is 50.0. The third-order valence-corrected chi connectivity index (χ3v) is 17.6. The molecule has 0 radical (unpaired) electrons. The minimum Gasteiger partial charge on any atom is -0.308 e. The second-order valence-electron chi connectivity index (χ2n) is 23.2. The van der Waals surface area contributed by atoms with Crippen LogP contribution in [-0.4, -0.2) is 29.1 Å². The van der Waals surface area contributed by atoms with Gasteiger partial charge < -0.3 is 9.13 Å². The average molecular weight is 1220 g/mol. The van der Waals surface area contributed by atoms with E-state index in [1.165, 1.54) is 6.07 Å². The molecule has 94 heavy (non-hydrogen) atoms. The molecule has 6 heterocycles. The van der Waals surface area contributed by atoms with E-state index in [1.807, 2.05) is 201 Å². The monoisotopic (exact) mass is 1210 g/mol. The van der Waals surface area contributed by atoms with Gasteiger partial charge in [-0.15, -0.1) is 0 Å². The molecule has 0 aliphatic carbocycles. The fourth-order valence-electron chi connectivity index (χ4n) is 13.1. The number of alkyl halides is 3. The van der Waals surface area contributed by atoms with Gasteiger partial charge in [0.15, 0.2) is 0 Å². The summed E-state index contributed by atoms with van der Waals surface area (Å²) in [5.74, 6) is 0. The number of nitriles is 2. The summed E-state index contributed by atoms with van der Waals surface area (Å²) in [4.78, 5) is 19.0. The quantitative estimate of drug-likeness (QED) is 0.128. The molecule has 0 saturated heterocycles. The summed E-state index contributed by atoms with van der Waals surface area (Å²) < 4.78 is 49.4. The normalized spacial score (nSPS) is 11.5. The lowest BCUT2D eigenvalue weighted by Crippen LogP contribution is -2.07. The van der Waals surface area contributed by atoms with Gasteiger partial charge in [0.1, 0.15) is 11.6 Å². The van der Waals surface area contributed by atoms with Crippen LogP contribution < -0.4 is 0 Å². The summed E-state index contributed by atoms with van der Waals surface area (Å²) >= 11 is 0. The third-order valence-electron chi connectivity index (χ3n) is 17.6. The van der Waals surface area contributed by atoms with E-state index in [4.69, 9.17) is 19.9 Å². The van der Waals surface area contributed by atoms with Crippen molar-refractivity contribution in [1.82, 2.24) is 29.1 Å². The summed E-state index contributed by atoms with van der Waals surface area (Å²) in [6.07, 6.45) is 2.46. The van der Waals surface area contributed by atoms with Crippen molar-refractivity contribution in [2.45, 2.75) is 6.18 Å². The molecule has 442 valence electrons. The molecule has 0 bridgehead atoms. The predicted octanol–water partition coefficient (Wildman–Crippen LogP) is 21.2. The molecule has 11 heteroatoms. The van der Waals surface area contributed by atoms with Gasteiger partial charge in [-0.05, 0) is 183 Å². The van der Waals surface area contributed by atoms with Crippen molar-refractivity contribution >= 4 is 43.6 Å². The molecular weight excluding hydrogens is 1170 g/mol. The highest BCUT2D eigenvalue weighted by Crippen LogP contribution is 2.45. The molecule has 0 saturated carbocycles. The van der Waals surface area contributed by atoms with E-state index in [9.17, 15) is 10.5 Å². The zero-order valence-corrected chi connectivity index (χ0v) is 50.0. The van der Waals surface area contributed by atoms with Crippen LogP contribution in [0.5, 0.6) is 0 Å². The van der Waals surface area contributed by atoms with Crippen LogP contribution in [0.15, 0.2) is 298 Å². The third kappa shape index (κ3) is 10.3. The minimum atomic E-state index is -4.79. The van der Waals surface area contributed by atoms with Gasteiger partial charge in [0.05, 0.1) is 73.4 Å². The van der Waals surface area contributed by atoms with Crippen molar-refractivity contribution in [2.75, 3.05) is 0 Å². The van der Waals surface area contributed by atoms with E-state index >= 15 is 13.2 Å². The maximum Gasteiger partial charge on any atom is 0.416 e. The molecule has 0 spiro atoms. The van der Waals surface area contributed by atoms with E-state index in [-0.39, 0.29) is 16.7 Å². The molecular formula is C83H49F3N8. The molecule has 0 atom stereocenters. The Kier molecular flexibility index (Phi) is 13.9. The van der Waals surface area contributed by atoms with Crippen LogP contribution >= 0.6 is 0 Å². The Labute approximate surface area is 538 Å². The maximum absolute atomic E-state index is 15.1. The van der Waals surface area contributed by atoms with Crippen LogP contribution in [0.2, 0.25) is 0 Å². The number of aromatic nitrogens is 6. The van der Waals surface area contributed by atoms with Gasteiger partial charge in [0.2, 0.25) is 0 Å². The van der Waals surface area contributed by atoms with Gasteiger partial charge in [0.25, 0.3) is 0 Å². The Balaban J connectivity index is 0.971. The average Bonchev–Trinajstić information content (AvgIpc) is 1.64. The van der Waals surface area contributed by atoms with Crippen molar-refractivity contribution in [1.29, 1.82) is 10.5 Å². The SMILES string of the molecule is N#Cc1cc(-c2cc(-n3c4ccc(-c5ccnc(-c6ccccc6)c5)cc4c4cc(-c5ccnc(-c6ccccc6)c5)ccc43)c(C#N)c(-n3c4ccc(-c5ccnc(-c6ccccc6)c5)cc4c4cc(-c5ccnc(-c6ccccc6)c5)ccc43)c2)cc(C(F)(F)F)c1. The maximum atomic E-state index is 15.1. The molecule has 16 aromatic rings. The summed E-state index contributed by atoms with van der Waals surface area (Å²) in [7, 11) is 0. The first kappa shape index (κ1) is 56.4. The number of hydrogen-bond donors (Lipinski definition) is 0. The Morgan fingerprint density at radius 3 is 0.862 bits per heavy atom. The van der Waals surface area contributed by atoms with Crippen LogP contribution in [0.4, 0.5) is 13.2 Å². The largest absolute Gasteiger partial charge is 0.416 e. The molecule has 16 rings (SSSR count). The molecule has 6 aromatic heterocycles. The second kappa shape index (κ2) is 23.2. The number of rotatable bonds is 11. The van der Waals surface area contributed by atoms with Crippen molar-refractivity contribution in [3.8, 4) is 124 Å². The number of nitrogens with zero attached hydrogens (tertiary/aromatic N) is 8. The van der Waals surface area contributed by atoms with E-state index in [1.54, 1.807) is 12.1 Å². The Bertz CT molecular complexity index is 5160. The van der Waals surface area contributed by atoms with Crippen molar-refractivity contribution < 1.29 is 13.2 Å². The van der Waals surface area contributed by atoms with Crippen molar-refractivity contribution in [3.05, 3.63) is 314 Å². The number of halogens is 3. The Morgan fingerprint density at radius 2 is 0.574 bits per heavy atom. The summed E-state index contributed by atoms with van der Waals surface area (Å²) in [5, 5.41) is 26.0. The first-order chi connectivity index (χ1) is 46.1. The lowest BCUT2D eigenvalue weighted by atomic mass is 9.96. The van der Waals surface area contributed by atoms with Crippen LogP contribution in [0.1, 0.15) is 16.7 Å². The lowest BCUT2D eigenvalue weighted by Gasteiger charge is -2.19. The molecule has 8 nitrogen and oxygen atoms in total. The predicted molar refractivity (Wildman–Crippen MR) is 370 cm³/mol. The first-order valence-electron chi connectivity index (χ1n) is 30.6. The molecule has 0 fully saturated rings. The smallest absolute Gasteiger partial charge is 0.308 e. The van der Waals surface area contributed by atoms with Crippen LogP contribution in [0, 0.1) is 22.7 Å². The Morgan fingerprint density at radius 1 is 0.277 bits per heavy atom. The van der Waals surface area contributed by atoms with Gasteiger partial charge in [-0.3, -0.25) is 19.9 Å². The summed E-state index contributed by atoms with van der Waals surface area (Å²) in [6, 6.07) is 93.1. The molecule has 0 aliphatic heterocycles. The molecule has 0 aliphatic rings. The van der Waals surface area contributed by atoms with E-state index < -0.39 is 11.7 Å².